The molecule has 1 amide bonds. The van der Waals surface area contributed by atoms with Gasteiger partial charge in [0, 0.05) is 17.7 Å². The first kappa shape index (κ1) is 15.2. The molecule has 7 heteroatoms. The molecule has 0 aliphatic carbocycles. The fourth-order valence-corrected chi connectivity index (χ4v) is 1.74. The fraction of sp³-hybridized carbons (Fsp3) is 0.0667. The summed E-state index contributed by atoms with van der Waals surface area (Å²) in [6.45, 7) is 0.0794. The van der Waals surface area contributed by atoms with Crippen molar-refractivity contribution in [2.75, 3.05) is 5.32 Å². The third-order valence-corrected chi connectivity index (χ3v) is 2.82. The van der Waals surface area contributed by atoms with Gasteiger partial charge in [0.2, 0.25) is 0 Å². The van der Waals surface area contributed by atoms with E-state index >= 15 is 0 Å². The Kier molecular flexibility index (Phi) is 4.81. The Hall–Kier alpha value is -3.22. The highest BCUT2D eigenvalue weighted by atomic mass is 16.6. The van der Waals surface area contributed by atoms with Crippen molar-refractivity contribution in [2.24, 2.45) is 0 Å². The van der Waals surface area contributed by atoms with Crippen LogP contribution in [0.25, 0.3) is 0 Å². The number of nitrogens with zero attached hydrogens (tertiary/aromatic N) is 1. The van der Waals surface area contributed by atoms with E-state index in [0.717, 1.165) is 11.6 Å². The van der Waals surface area contributed by atoms with Crippen LogP contribution < -0.4 is 5.32 Å². The van der Waals surface area contributed by atoms with Crippen LogP contribution >= 0.6 is 0 Å². The number of non-ortho nitro benzene ring substituents is 1. The van der Waals surface area contributed by atoms with Gasteiger partial charge in [0.05, 0.1) is 10.6 Å². The molecule has 0 bridgehead atoms. The molecule has 2 aromatic rings. The largest absolute Gasteiger partial charge is 0.444 e. The van der Waals surface area contributed by atoms with Crippen LogP contribution in [0.1, 0.15) is 15.9 Å². The van der Waals surface area contributed by atoms with Crippen LogP contribution in [0.3, 0.4) is 0 Å². The average Bonchev–Trinajstić information content (AvgIpc) is 2.54. The lowest BCUT2D eigenvalue weighted by Crippen LogP contribution is -2.14. The number of nitro benzene ring substituents is 1. The van der Waals surface area contributed by atoms with Gasteiger partial charge in [0.15, 0.2) is 6.29 Å². The lowest BCUT2D eigenvalue weighted by Gasteiger charge is -2.08. The van der Waals surface area contributed by atoms with Crippen LogP contribution in [0, 0.1) is 10.1 Å². The van der Waals surface area contributed by atoms with Crippen molar-refractivity contribution in [1.82, 2.24) is 0 Å². The van der Waals surface area contributed by atoms with E-state index in [1.807, 2.05) is 18.2 Å². The zero-order chi connectivity index (χ0) is 15.9. The van der Waals surface area contributed by atoms with Crippen molar-refractivity contribution >= 4 is 23.8 Å². The van der Waals surface area contributed by atoms with Gasteiger partial charge in [0.1, 0.15) is 6.61 Å². The molecule has 22 heavy (non-hydrogen) atoms. The molecule has 0 saturated carbocycles. The highest BCUT2D eigenvalue weighted by Gasteiger charge is 2.13. The first-order valence-electron chi connectivity index (χ1n) is 6.31. The molecule has 0 aliphatic rings. The van der Waals surface area contributed by atoms with E-state index in [4.69, 9.17) is 4.74 Å². The van der Waals surface area contributed by atoms with E-state index in [9.17, 15) is 19.7 Å². The first-order chi connectivity index (χ1) is 10.6. The van der Waals surface area contributed by atoms with Gasteiger partial charge in [-0.05, 0) is 11.6 Å². The summed E-state index contributed by atoms with van der Waals surface area (Å²) in [5.74, 6) is 0. The number of ether oxygens (including phenoxy) is 1. The summed E-state index contributed by atoms with van der Waals surface area (Å²) >= 11 is 0. The zero-order valence-electron chi connectivity index (χ0n) is 11.4. The molecule has 1 N–H and O–H groups in total. The van der Waals surface area contributed by atoms with Crippen molar-refractivity contribution in [1.29, 1.82) is 0 Å². The van der Waals surface area contributed by atoms with Gasteiger partial charge < -0.3 is 4.74 Å². The summed E-state index contributed by atoms with van der Waals surface area (Å²) in [5.41, 5.74) is 0.742. The van der Waals surface area contributed by atoms with Gasteiger partial charge >= 0.3 is 6.09 Å². The smallest absolute Gasteiger partial charge is 0.411 e. The van der Waals surface area contributed by atoms with E-state index in [1.54, 1.807) is 12.1 Å². The molecule has 0 fully saturated rings. The zero-order valence-corrected chi connectivity index (χ0v) is 11.4. The average molecular weight is 300 g/mol. The topological polar surface area (TPSA) is 98.5 Å². The van der Waals surface area contributed by atoms with Crippen LogP contribution in [0.5, 0.6) is 0 Å². The Morgan fingerprint density at radius 1 is 1.23 bits per heavy atom. The predicted octanol–water partition coefficient (Wildman–Crippen LogP) is 3.16. The number of aldehydes is 1. The van der Waals surface area contributed by atoms with Gasteiger partial charge in [-0.1, -0.05) is 30.3 Å². The van der Waals surface area contributed by atoms with Crippen LogP contribution in [0.2, 0.25) is 0 Å². The summed E-state index contributed by atoms with van der Waals surface area (Å²) in [4.78, 5) is 32.7. The Morgan fingerprint density at radius 2 is 1.95 bits per heavy atom. The predicted molar refractivity (Wildman–Crippen MR) is 78.7 cm³/mol. The number of nitrogens with one attached hydrogen (secondary N) is 1. The quantitative estimate of drug-likeness (QED) is 0.519. The number of nitro groups is 1. The molecular formula is C15H12N2O5. The van der Waals surface area contributed by atoms with E-state index in [0.29, 0.717) is 6.29 Å². The second-order valence-electron chi connectivity index (χ2n) is 4.33. The van der Waals surface area contributed by atoms with E-state index in [-0.39, 0.29) is 23.5 Å². The van der Waals surface area contributed by atoms with Crippen molar-refractivity contribution in [3.05, 3.63) is 69.8 Å². The summed E-state index contributed by atoms with van der Waals surface area (Å²) in [6.07, 6.45) is -0.319. The van der Waals surface area contributed by atoms with Crippen molar-refractivity contribution in [3.63, 3.8) is 0 Å². The Balaban J connectivity index is 2.02. The SMILES string of the molecule is O=Cc1cc([N+](=O)[O-])ccc1NC(=O)OCc1ccccc1. The molecule has 0 atom stereocenters. The highest BCUT2D eigenvalue weighted by molar-refractivity contribution is 5.93. The summed E-state index contributed by atoms with van der Waals surface area (Å²) in [5, 5.41) is 13.0. The van der Waals surface area contributed by atoms with Gasteiger partial charge in [-0.25, -0.2) is 4.79 Å². The van der Waals surface area contributed by atoms with Crippen LogP contribution in [-0.2, 0) is 11.3 Å². The molecule has 7 nitrogen and oxygen atoms in total. The summed E-state index contributed by atoms with van der Waals surface area (Å²) in [7, 11) is 0. The number of amides is 1. The first-order valence-corrected chi connectivity index (χ1v) is 6.31. The number of rotatable bonds is 5. The third kappa shape index (κ3) is 3.89. The Bertz CT molecular complexity index is 700. The van der Waals surface area contributed by atoms with Crippen LogP contribution in [0.4, 0.5) is 16.2 Å². The summed E-state index contributed by atoms with van der Waals surface area (Å²) in [6, 6.07) is 12.6. The maximum absolute atomic E-state index is 11.7. The third-order valence-electron chi connectivity index (χ3n) is 2.82. The van der Waals surface area contributed by atoms with Gasteiger partial charge in [-0.3, -0.25) is 20.2 Å². The maximum Gasteiger partial charge on any atom is 0.411 e. The van der Waals surface area contributed by atoms with Crippen molar-refractivity contribution in [2.45, 2.75) is 6.61 Å². The number of anilines is 1. The minimum Gasteiger partial charge on any atom is -0.444 e. The van der Waals surface area contributed by atoms with E-state index in [2.05, 4.69) is 5.32 Å². The number of benzene rings is 2. The van der Waals surface area contributed by atoms with Gasteiger partial charge in [-0.2, -0.15) is 0 Å². The minimum absolute atomic E-state index is 0.00543. The maximum atomic E-state index is 11.7. The monoisotopic (exact) mass is 300 g/mol. The number of carbonyl (C=O) groups excluding carboxylic acids is 2. The standard InChI is InChI=1S/C15H12N2O5/c18-9-12-8-13(17(20)21)6-7-14(12)16-15(19)22-10-11-4-2-1-3-5-11/h1-9H,10H2,(H,16,19). The van der Waals surface area contributed by atoms with Crippen LogP contribution in [-0.4, -0.2) is 17.3 Å². The molecule has 2 aromatic carbocycles. The number of hydrogen-bond donors (Lipinski definition) is 1. The van der Waals surface area contributed by atoms with Crippen molar-refractivity contribution < 1.29 is 19.2 Å². The van der Waals surface area contributed by atoms with Crippen LogP contribution in [0.15, 0.2) is 48.5 Å². The molecule has 0 radical (unpaired) electrons. The Labute approximate surface area is 125 Å². The minimum atomic E-state index is -0.749. The molecule has 0 aliphatic heterocycles. The second kappa shape index (κ2) is 6.98. The normalized spacial score (nSPS) is 9.82. The molecule has 0 saturated heterocycles. The molecule has 0 unspecified atom stereocenters. The fourth-order valence-electron chi connectivity index (χ4n) is 1.74. The second-order valence-corrected chi connectivity index (χ2v) is 4.33. The molecule has 2 rings (SSSR count). The van der Waals surface area contributed by atoms with Crippen molar-refractivity contribution in [3.8, 4) is 0 Å². The lowest BCUT2D eigenvalue weighted by atomic mass is 10.2. The van der Waals surface area contributed by atoms with E-state index < -0.39 is 11.0 Å². The Morgan fingerprint density at radius 3 is 2.59 bits per heavy atom. The molecule has 0 heterocycles. The molecule has 0 spiro atoms. The number of hydrogen-bond acceptors (Lipinski definition) is 5. The van der Waals surface area contributed by atoms with Gasteiger partial charge in [-0.15, -0.1) is 0 Å². The highest BCUT2D eigenvalue weighted by Crippen LogP contribution is 2.21. The molecule has 0 aromatic heterocycles. The number of carbonyl (C=O) groups is 2. The molecular weight excluding hydrogens is 288 g/mol. The van der Waals surface area contributed by atoms with E-state index in [1.165, 1.54) is 12.1 Å². The molecule has 112 valence electrons. The van der Waals surface area contributed by atoms with Gasteiger partial charge in [0.25, 0.3) is 5.69 Å². The summed E-state index contributed by atoms with van der Waals surface area (Å²) < 4.78 is 5.01. The lowest BCUT2D eigenvalue weighted by molar-refractivity contribution is -0.384.